The highest BCUT2D eigenvalue weighted by Crippen LogP contribution is 2.55. The van der Waals surface area contributed by atoms with Crippen LogP contribution in [0.3, 0.4) is 0 Å². The van der Waals surface area contributed by atoms with Crippen LogP contribution in [0.2, 0.25) is 0 Å². The Labute approximate surface area is 193 Å². The fraction of sp³-hybridized carbons (Fsp3) is 0.524. The van der Waals surface area contributed by atoms with Gasteiger partial charge < -0.3 is 10.6 Å². The van der Waals surface area contributed by atoms with E-state index in [-0.39, 0.29) is 23.2 Å². The Morgan fingerprint density at radius 3 is 2.66 bits per heavy atom. The number of aryl methyl sites for hydroxylation is 1. The molecule has 1 spiro atoms. The number of thiazole rings is 1. The predicted octanol–water partition coefficient (Wildman–Crippen LogP) is 5.03. The van der Waals surface area contributed by atoms with Crippen LogP contribution in [0.1, 0.15) is 44.5 Å². The third-order valence-electron chi connectivity index (χ3n) is 6.44. The molecule has 0 bridgehead atoms. The van der Waals surface area contributed by atoms with Gasteiger partial charge in [-0.15, -0.1) is 0 Å². The van der Waals surface area contributed by atoms with Gasteiger partial charge in [0, 0.05) is 12.7 Å². The van der Waals surface area contributed by atoms with E-state index in [0.29, 0.717) is 32.8 Å². The largest absolute Gasteiger partial charge is 0.399 e. The van der Waals surface area contributed by atoms with Gasteiger partial charge in [0.05, 0.1) is 27.3 Å². The first kappa shape index (κ1) is 22.9. The summed E-state index contributed by atoms with van der Waals surface area (Å²) in [5.74, 6) is 0. The molecule has 1 aliphatic heterocycles. The van der Waals surface area contributed by atoms with E-state index in [1.165, 1.54) is 23.6 Å². The maximum absolute atomic E-state index is 13.5. The molecule has 1 atom stereocenters. The second kappa shape index (κ2) is 7.65. The molecule has 4 rings (SSSR count). The second-order valence-electron chi connectivity index (χ2n) is 9.17. The lowest BCUT2D eigenvalue weighted by atomic mass is 9.87. The fourth-order valence-electron chi connectivity index (χ4n) is 4.00. The van der Waals surface area contributed by atoms with Gasteiger partial charge in [-0.3, -0.25) is 10.3 Å². The van der Waals surface area contributed by atoms with Crippen LogP contribution in [-0.4, -0.2) is 44.7 Å². The number of likely N-dealkylation sites (tertiary alicyclic amines) is 1. The number of pyridine rings is 1. The van der Waals surface area contributed by atoms with Gasteiger partial charge in [0.25, 0.3) is 0 Å². The Kier molecular flexibility index (Phi) is 5.48. The van der Waals surface area contributed by atoms with E-state index < -0.39 is 11.6 Å². The van der Waals surface area contributed by atoms with E-state index in [1.54, 1.807) is 17.9 Å². The Hall–Kier alpha value is -2.27. The summed E-state index contributed by atoms with van der Waals surface area (Å²) in [5, 5.41) is 3.19. The van der Waals surface area contributed by atoms with Crippen molar-refractivity contribution in [2.24, 2.45) is 11.1 Å². The van der Waals surface area contributed by atoms with Gasteiger partial charge in [-0.25, -0.2) is 9.78 Å². The number of hydrogen-bond donors (Lipinski definition) is 2. The molecule has 1 saturated carbocycles. The normalized spacial score (nSPS) is 19.9. The van der Waals surface area contributed by atoms with Crippen molar-refractivity contribution in [3.63, 3.8) is 0 Å². The highest BCUT2D eigenvalue weighted by atomic mass is 32.1. The molecule has 2 amide bonds. The average molecular weight is 484 g/mol. The summed E-state index contributed by atoms with van der Waals surface area (Å²) in [5.41, 5.74) is 5.01. The van der Waals surface area contributed by atoms with Crippen molar-refractivity contribution in [1.82, 2.24) is 14.9 Å². The number of carbonyl (C=O) groups excluding carboxylic acids is 1. The van der Waals surface area contributed by atoms with Crippen molar-refractivity contribution in [1.29, 1.82) is 0 Å². The van der Waals surface area contributed by atoms with Gasteiger partial charge in [-0.1, -0.05) is 23.6 Å². The monoisotopic (exact) mass is 483 g/mol. The van der Waals surface area contributed by atoms with Crippen LogP contribution < -0.4 is 11.1 Å². The summed E-state index contributed by atoms with van der Waals surface area (Å²) in [7, 11) is 0. The van der Waals surface area contributed by atoms with Crippen LogP contribution in [0.4, 0.5) is 23.1 Å². The number of anilines is 1. The van der Waals surface area contributed by atoms with Crippen molar-refractivity contribution >= 4 is 39.7 Å². The summed E-state index contributed by atoms with van der Waals surface area (Å²) >= 11 is 6.37. The molecular weight excluding hydrogens is 459 g/mol. The lowest BCUT2D eigenvalue weighted by molar-refractivity contribution is -0.181. The van der Waals surface area contributed by atoms with E-state index in [0.717, 1.165) is 33.1 Å². The number of nitrogens with one attached hydrogen (secondary N) is 1. The number of urea groups is 1. The van der Waals surface area contributed by atoms with Crippen LogP contribution in [0, 0.1) is 12.3 Å². The van der Waals surface area contributed by atoms with Crippen LogP contribution >= 0.6 is 23.6 Å². The van der Waals surface area contributed by atoms with E-state index in [2.05, 4.69) is 15.3 Å². The van der Waals surface area contributed by atoms with Crippen molar-refractivity contribution in [2.75, 3.05) is 11.9 Å². The molecule has 6 nitrogen and oxygen atoms in total. The van der Waals surface area contributed by atoms with E-state index >= 15 is 0 Å². The van der Waals surface area contributed by atoms with Crippen molar-refractivity contribution in [3.05, 3.63) is 29.7 Å². The first-order chi connectivity index (χ1) is 14.8. The van der Waals surface area contributed by atoms with Gasteiger partial charge in [0.1, 0.15) is 5.41 Å². The third kappa shape index (κ3) is 4.07. The van der Waals surface area contributed by atoms with Crippen molar-refractivity contribution in [2.45, 2.75) is 57.7 Å². The van der Waals surface area contributed by atoms with Crippen LogP contribution in [0.15, 0.2) is 18.3 Å². The summed E-state index contributed by atoms with van der Waals surface area (Å²) in [6.07, 6.45) is -0.159. The molecule has 11 heteroatoms. The minimum Gasteiger partial charge on any atom is -0.392 e. The summed E-state index contributed by atoms with van der Waals surface area (Å²) < 4.78 is 40.4. The summed E-state index contributed by atoms with van der Waals surface area (Å²) in [4.78, 5) is 23.9. The molecule has 3 heterocycles. The number of halogens is 3. The number of nitrogens with two attached hydrogens (primary N) is 1. The zero-order valence-electron chi connectivity index (χ0n) is 17.9. The van der Waals surface area contributed by atoms with Crippen molar-refractivity contribution in [3.8, 4) is 10.4 Å². The molecule has 0 unspecified atom stereocenters. The van der Waals surface area contributed by atoms with Gasteiger partial charge in [-0.2, -0.15) is 13.2 Å². The second-order valence-corrected chi connectivity index (χ2v) is 10.6. The third-order valence-corrected chi connectivity index (χ3v) is 7.83. The minimum atomic E-state index is -4.44. The van der Waals surface area contributed by atoms with Gasteiger partial charge in [-0.05, 0) is 63.1 Å². The number of alkyl halides is 3. The number of carbonyl (C=O) groups is 1. The minimum absolute atomic E-state index is 0.0769. The molecule has 2 aliphatic rings. The van der Waals surface area contributed by atoms with Crippen molar-refractivity contribution < 1.29 is 18.0 Å². The molecule has 2 aromatic heterocycles. The number of aromatic nitrogens is 2. The summed E-state index contributed by atoms with van der Waals surface area (Å²) in [6, 6.07) is 2.48. The number of rotatable bonds is 4. The molecule has 1 aliphatic carbocycles. The number of hydrogen-bond acceptors (Lipinski definition) is 5. The van der Waals surface area contributed by atoms with Gasteiger partial charge in [0.2, 0.25) is 0 Å². The maximum Gasteiger partial charge on any atom is 0.399 e. The number of nitrogens with zero attached hydrogens (tertiary/aromatic N) is 3. The quantitative estimate of drug-likeness (QED) is 0.596. The van der Waals surface area contributed by atoms with E-state index in [1.807, 2.05) is 0 Å². The molecule has 1 saturated heterocycles. The molecule has 172 valence electrons. The molecule has 0 aromatic carbocycles. The predicted molar refractivity (Wildman–Crippen MR) is 122 cm³/mol. The first-order valence-electron chi connectivity index (χ1n) is 10.2. The lowest BCUT2D eigenvalue weighted by Gasteiger charge is -2.27. The standard InChI is InChI=1S/C21H24F3N5OS2/c1-11-15(12-4-7-26-14(8-12)19(2,3)21(22,23)24)32-17(27-11)28-18(30)29-10-20(5-6-20)9-13(29)16(25)31/h4,7-8,13H,5-6,9-10H2,1-3H3,(H2,25,31)(H,27,28,30)/t13-/m0/s1. The molecule has 2 aromatic rings. The molecular formula is C21H24F3N5OS2. The summed E-state index contributed by atoms with van der Waals surface area (Å²) in [6.45, 7) is 4.57. The SMILES string of the molecule is Cc1nc(NC(=O)N2CC3(CC3)C[C@H]2C(N)=S)sc1-c1ccnc(C(C)(C)C(F)(F)F)c1. The highest BCUT2D eigenvalue weighted by molar-refractivity contribution is 7.80. The van der Waals surface area contributed by atoms with E-state index in [4.69, 9.17) is 18.0 Å². The Bertz CT molecular complexity index is 1080. The van der Waals surface area contributed by atoms with Crippen LogP contribution in [0.5, 0.6) is 0 Å². The average Bonchev–Trinajstić information content (AvgIpc) is 3.18. The Morgan fingerprint density at radius 2 is 2.06 bits per heavy atom. The van der Waals surface area contributed by atoms with Crippen LogP contribution in [-0.2, 0) is 5.41 Å². The maximum atomic E-state index is 13.5. The van der Waals surface area contributed by atoms with Gasteiger partial charge in [0.15, 0.2) is 5.13 Å². The topological polar surface area (TPSA) is 84.1 Å². The zero-order valence-corrected chi connectivity index (χ0v) is 19.5. The van der Waals surface area contributed by atoms with Gasteiger partial charge >= 0.3 is 12.2 Å². The Morgan fingerprint density at radius 1 is 1.38 bits per heavy atom. The van der Waals surface area contributed by atoms with E-state index in [9.17, 15) is 18.0 Å². The fourth-order valence-corrected chi connectivity index (χ4v) is 5.17. The highest BCUT2D eigenvalue weighted by Gasteiger charge is 2.54. The molecule has 0 radical (unpaired) electrons. The Balaban J connectivity index is 1.56. The zero-order chi connectivity index (χ0) is 23.5. The smallest absolute Gasteiger partial charge is 0.392 e. The molecule has 32 heavy (non-hydrogen) atoms. The lowest BCUT2D eigenvalue weighted by Crippen LogP contribution is -2.44. The molecule has 2 fully saturated rings. The first-order valence-corrected chi connectivity index (χ1v) is 11.4. The number of thiocarbonyl (C=S) groups is 1. The molecule has 3 N–H and O–H groups in total. The van der Waals surface area contributed by atoms with Crippen LogP contribution in [0.25, 0.3) is 10.4 Å². The number of amides is 2.